The molecule has 1 aromatic carbocycles. The molecule has 0 spiro atoms. The van der Waals surface area contributed by atoms with Crippen LogP contribution in [0.4, 0.5) is 5.69 Å². The molecule has 1 aliphatic heterocycles. The number of hydrogen-bond acceptors (Lipinski definition) is 2. The van der Waals surface area contributed by atoms with Crippen LogP contribution in [0.15, 0.2) is 18.2 Å². The van der Waals surface area contributed by atoms with E-state index in [4.69, 9.17) is 0 Å². The van der Waals surface area contributed by atoms with Gasteiger partial charge in [0.2, 0.25) is 0 Å². The van der Waals surface area contributed by atoms with E-state index in [1.165, 1.54) is 23.2 Å². The molecule has 1 saturated heterocycles. The lowest BCUT2D eigenvalue weighted by Crippen LogP contribution is -2.38. The van der Waals surface area contributed by atoms with Crippen LogP contribution in [0.2, 0.25) is 0 Å². The Morgan fingerprint density at radius 1 is 1.24 bits per heavy atom. The van der Waals surface area contributed by atoms with Gasteiger partial charge in [0, 0.05) is 30.9 Å². The van der Waals surface area contributed by atoms with E-state index < -0.39 is 0 Å². The monoisotopic (exact) mass is 232 g/mol. The van der Waals surface area contributed by atoms with Crippen LogP contribution < -0.4 is 10.2 Å². The lowest BCUT2D eigenvalue weighted by atomic mass is 10.1. The summed E-state index contributed by atoms with van der Waals surface area (Å²) in [6, 6.07) is 7.98. The summed E-state index contributed by atoms with van der Waals surface area (Å²) < 4.78 is 0. The summed E-state index contributed by atoms with van der Waals surface area (Å²) in [5, 5.41) is 3.58. The van der Waals surface area contributed by atoms with Crippen molar-refractivity contribution in [2.24, 2.45) is 0 Å². The fraction of sp³-hybridized carbons (Fsp3) is 0.600. The molecule has 0 amide bonds. The quantitative estimate of drug-likeness (QED) is 0.801. The Hall–Kier alpha value is -1.02. The van der Waals surface area contributed by atoms with Crippen molar-refractivity contribution in [1.82, 2.24) is 5.32 Å². The fourth-order valence-electron chi connectivity index (χ4n) is 2.62. The van der Waals surface area contributed by atoms with Gasteiger partial charge in [-0.1, -0.05) is 17.7 Å². The van der Waals surface area contributed by atoms with E-state index in [-0.39, 0.29) is 0 Å². The minimum atomic E-state index is 0.571. The second-order valence-electron chi connectivity index (χ2n) is 5.43. The summed E-state index contributed by atoms with van der Waals surface area (Å²) in [5.41, 5.74) is 4.14. The van der Waals surface area contributed by atoms with Crippen LogP contribution >= 0.6 is 0 Å². The highest BCUT2D eigenvalue weighted by Crippen LogP contribution is 2.24. The lowest BCUT2D eigenvalue weighted by Gasteiger charge is -2.30. The first-order valence-electron chi connectivity index (χ1n) is 6.65. The molecule has 0 radical (unpaired) electrons. The van der Waals surface area contributed by atoms with E-state index in [9.17, 15) is 0 Å². The van der Waals surface area contributed by atoms with Gasteiger partial charge in [0.1, 0.15) is 0 Å². The smallest absolute Gasteiger partial charge is 0.0398 e. The summed E-state index contributed by atoms with van der Waals surface area (Å²) >= 11 is 0. The lowest BCUT2D eigenvalue weighted by molar-refractivity contribution is 0.548. The van der Waals surface area contributed by atoms with Gasteiger partial charge < -0.3 is 10.2 Å². The van der Waals surface area contributed by atoms with E-state index in [1.807, 2.05) is 0 Å². The molecule has 0 saturated carbocycles. The number of aryl methyl sites for hydroxylation is 2. The molecule has 1 N–H and O–H groups in total. The SMILES string of the molecule is Cc1ccc(N2CCC(C)NCC2C)c(C)c1. The zero-order valence-electron chi connectivity index (χ0n) is 11.5. The van der Waals surface area contributed by atoms with E-state index in [2.05, 4.69) is 56.1 Å². The van der Waals surface area contributed by atoms with E-state index in [0.717, 1.165) is 13.1 Å². The first kappa shape index (κ1) is 12.4. The maximum absolute atomic E-state index is 3.58. The van der Waals surface area contributed by atoms with Crippen LogP contribution in [0.5, 0.6) is 0 Å². The van der Waals surface area contributed by atoms with Gasteiger partial charge >= 0.3 is 0 Å². The number of hydrogen-bond donors (Lipinski definition) is 1. The van der Waals surface area contributed by atoms with Gasteiger partial charge in [0.15, 0.2) is 0 Å². The van der Waals surface area contributed by atoms with Crippen LogP contribution in [0.25, 0.3) is 0 Å². The van der Waals surface area contributed by atoms with Crippen LogP contribution in [0.3, 0.4) is 0 Å². The average molecular weight is 232 g/mol. The molecule has 0 aliphatic carbocycles. The molecule has 2 atom stereocenters. The van der Waals surface area contributed by atoms with Gasteiger partial charge in [0.05, 0.1) is 0 Å². The molecule has 0 aromatic heterocycles. The molecule has 2 nitrogen and oxygen atoms in total. The zero-order chi connectivity index (χ0) is 12.4. The summed E-state index contributed by atoms with van der Waals surface area (Å²) in [6.07, 6.45) is 1.22. The van der Waals surface area contributed by atoms with Crippen molar-refractivity contribution in [3.8, 4) is 0 Å². The Bertz CT molecular complexity index is 387. The van der Waals surface area contributed by atoms with E-state index >= 15 is 0 Å². The molecular weight excluding hydrogens is 208 g/mol. The van der Waals surface area contributed by atoms with Crippen molar-refractivity contribution in [3.63, 3.8) is 0 Å². The number of anilines is 1. The van der Waals surface area contributed by atoms with Crippen LogP contribution in [0, 0.1) is 13.8 Å². The van der Waals surface area contributed by atoms with Gasteiger partial charge in [-0.15, -0.1) is 0 Å². The number of nitrogens with one attached hydrogen (secondary N) is 1. The molecule has 1 aliphatic rings. The molecule has 94 valence electrons. The highest BCUT2D eigenvalue weighted by atomic mass is 15.2. The Morgan fingerprint density at radius 3 is 2.71 bits per heavy atom. The van der Waals surface area contributed by atoms with Gasteiger partial charge in [-0.2, -0.15) is 0 Å². The number of rotatable bonds is 1. The second kappa shape index (κ2) is 5.09. The number of nitrogens with zero attached hydrogens (tertiary/aromatic N) is 1. The third-order valence-corrected chi connectivity index (χ3v) is 3.76. The second-order valence-corrected chi connectivity index (χ2v) is 5.43. The van der Waals surface area contributed by atoms with E-state index in [0.29, 0.717) is 12.1 Å². The molecule has 0 bridgehead atoms. The standard InChI is InChI=1S/C15H24N2/c1-11-5-6-15(12(2)9-11)17-8-7-13(3)16-10-14(17)4/h5-6,9,13-14,16H,7-8,10H2,1-4H3. The zero-order valence-corrected chi connectivity index (χ0v) is 11.5. The van der Waals surface area contributed by atoms with Crippen molar-refractivity contribution in [3.05, 3.63) is 29.3 Å². The predicted octanol–water partition coefficient (Wildman–Crippen LogP) is 2.88. The normalized spacial score (nSPS) is 25.8. The van der Waals surface area contributed by atoms with Crippen molar-refractivity contribution >= 4 is 5.69 Å². The summed E-state index contributed by atoms with van der Waals surface area (Å²) in [6.45, 7) is 11.2. The van der Waals surface area contributed by atoms with Crippen molar-refractivity contribution in [2.45, 2.75) is 46.2 Å². The Morgan fingerprint density at radius 2 is 2.00 bits per heavy atom. The predicted molar refractivity (Wildman–Crippen MR) is 74.8 cm³/mol. The first-order chi connectivity index (χ1) is 8.08. The third-order valence-electron chi connectivity index (χ3n) is 3.76. The molecule has 17 heavy (non-hydrogen) atoms. The minimum absolute atomic E-state index is 0.571. The molecule has 2 unspecified atom stereocenters. The van der Waals surface area contributed by atoms with Crippen molar-refractivity contribution in [1.29, 1.82) is 0 Å². The summed E-state index contributed by atoms with van der Waals surface area (Å²) in [5.74, 6) is 0. The average Bonchev–Trinajstić information content (AvgIpc) is 2.43. The van der Waals surface area contributed by atoms with Crippen LogP contribution in [0.1, 0.15) is 31.4 Å². The molecule has 2 heteroatoms. The maximum atomic E-state index is 3.58. The minimum Gasteiger partial charge on any atom is -0.367 e. The Labute approximate surface area is 105 Å². The Balaban J connectivity index is 2.25. The van der Waals surface area contributed by atoms with Gasteiger partial charge in [-0.25, -0.2) is 0 Å². The van der Waals surface area contributed by atoms with E-state index in [1.54, 1.807) is 0 Å². The fourth-order valence-corrected chi connectivity index (χ4v) is 2.62. The molecule has 2 rings (SSSR count). The molecule has 1 aromatic rings. The topological polar surface area (TPSA) is 15.3 Å². The first-order valence-corrected chi connectivity index (χ1v) is 6.65. The summed E-state index contributed by atoms with van der Waals surface area (Å²) in [7, 11) is 0. The van der Waals surface area contributed by atoms with Gasteiger partial charge in [-0.05, 0) is 45.7 Å². The van der Waals surface area contributed by atoms with Crippen LogP contribution in [-0.4, -0.2) is 25.2 Å². The third kappa shape index (κ3) is 2.81. The molecule has 1 fully saturated rings. The highest BCUT2D eigenvalue weighted by Gasteiger charge is 2.20. The van der Waals surface area contributed by atoms with Gasteiger partial charge in [0.25, 0.3) is 0 Å². The largest absolute Gasteiger partial charge is 0.367 e. The highest BCUT2D eigenvalue weighted by molar-refractivity contribution is 5.55. The Kier molecular flexibility index (Phi) is 3.72. The molecule has 1 heterocycles. The summed E-state index contributed by atoms with van der Waals surface area (Å²) in [4.78, 5) is 2.55. The van der Waals surface area contributed by atoms with Crippen LogP contribution in [-0.2, 0) is 0 Å². The van der Waals surface area contributed by atoms with Crippen molar-refractivity contribution < 1.29 is 0 Å². The molecular formula is C15H24N2. The number of benzene rings is 1. The van der Waals surface area contributed by atoms with Gasteiger partial charge in [-0.3, -0.25) is 0 Å². The van der Waals surface area contributed by atoms with Crippen molar-refractivity contribution in [2.75, 3.05) is 18.0 Å². The maximum Gasteiger partial charge on any atom is 0.0398 e.